The molecule has 3 rings (SSSR count). The van der Waals surface area contributed by atoms with E-state index in [0.717, 1.165) is 24.2 Å². The van der Waals surface area contributed by atoms with E-state index in [-0.39, 0.29) is 0 Å². The van der Waals surface area contributed by atoms with Crippen molar-refractivity contribution in [3.8, 4) is 0 Å². The Kier molecular flexibility index (Phi) is 6.93. The van der Waals surface area contributed by atoms with E-state index in [1.165, 1.54) is 77.0 Å². The molecule has 3 aliphatic carbocycles. The van der Waals surface area contributed by atoms with Crippen LogP contribution >= 0.6 is 0 Å². The monoisotopic (exact) mass is 372 g/mol. The number of rotatable bonds is 6. The van der Waals surface area contributed by atoms with Crippen molar-refractivity contribution in [3.63, 3.8) is 0 Å². The van der Waals surface area contributed by atoms with Gasteiger partial charge >= 0.3 is 0 Å². The Bertz CT molecular complexity index is 549. The lowest BCUT2D eigenvalue weighted by molar-refractivity contribution is 0.0660. The van der Waals surface area contributed by atoms with Gasteiger partial charge in [-0.25, -0.2) is 0 Å². The highest BCUT2D eigenvalue weighted by Gasteiger charge is 2.48. The second-order valence-electron chi connectivity index (χ2n) is 10.9. The quantitative estimate of drug-likeness (QED) is 0.476. The maximum Gasteiger partial charge on any atom is 0.0591 e. The average molecular weight is 373 g/mol. The summed E-state index contributed by atoms with van der Waals surface area (Å²) in [5, 5.41) is 9.95. The summed E-state index contributed by atoms with van der Waals surface area (Å²) in [6, 6.07) is 0. The molecular formula is C26H44O. The third kappa shape index (κ3) is 5.28. The molecule has 0 aliphatic heterocycles. The second kappa shape index (κ2) is 8.85. The van der Waals surface area contributed by atoms with Gasteiger partial charge in [-0.2, -0.15) is 0 Å². The molecule has 154 valence electrons. The molecule has 0 radical (unpaired) electrons. The van der Waals surface area contributed by atoms with Gasteiger partial charge in [0.05, 0.1) is 5.60 Å². The zero-order valence-corrected chi connectivity index (χ0v) is 18.5. The maximum absolute atomic E-state index is 9.95. The van der Waals surface area contributed by atoms with Gasteiger partial charge in [-0.15, -0.1) is 0 Å². The van der Waals surface area contributed by atoms with Crippen molar-refractivity contribution in [1.29, 1.82) is 0 Å². The van der Waals surface area contributed by atoms with Gasteiger partial charge in [0.2, 0.25) is 0 Å². The van der Waals surface area contributed by atoms with Crippen LogP contribution in [-0.4, -0.2) is 10.7 Å². The lowest BCUT2D eigenvalue weighted by atomic mass is 9.62. The van der Waals surface area contributed by atoms with Crippen molar-refractivity contribution in [1.82, 2.24) is 0 Å². The SMILES string of the molecule is CC1CCCC/C1=C/C=C1\CCC[C@@]2(C)C1CC[C@@H]2CCCCC(C)(C)O. The van der Waals surface area contributed by atoms with Crippen molar-refractivity contribution in [2.45, 2.75) is 117 Å². The summed E-state index contributed by atoms with van der Waals surface area (Å²) in [6.07, 6.45) is 22.4. The van der Waals surface area contributed by atoms with Gasteiger partial charge in [0.15, 0.2) is 0 Å². The van der Waals surface area contributed by atoms with Crippen LogP contribution in [-0.2, 0) is 0 Å². The summed E-state index contributed by atoms with van der Waals surface area (Å²) in [5.74, 6) is 2.54. The molecule has 3 aliphatic rings. The molecule has 0 aromatic carbocycles. The normalized spacial score (nSPS) is 37.7. The Morgan fingerprint density at radius 2 is 1.74 bits per heavy atom. The molecule has 0 saturated heterocycles. The standard InChI is InChI=1S/C26H44O/c1-20-10-5-6-11-21(20)14-15-22-12-9-19-26(4)23(16-17-24(22)26)13-7-8-18-25(2,3)27/h14-15,20,23-24,27H,5-13,16-19H2,1-4H3/b21-14-,22-15+/t20?,23-,24?,26+/m0/s1. The summed E-state index contributed by atoms with van der Waals surface area (Å²) < 4.78 is 0. The van der Waals surface area contributed by atoms with Crippen LogP contribution in [0.5, 0.6) is 0 Å². The number of hydrogen-bond donors (Lipinski definition) is 1. The Labute approximate surface area is 168 Å². The summed E-state index contributed by atoms with van der Waals surface area (Å²) in [4.78, 5) is 0. The van der Waals surface area contributed by atoms with E-state index in [0.29, 0.717) is 5.41 Å². The van der Waals surface area contributed by atoms with Crippen molar-refractivity contribution in [2.75, 3.05) is 0 Å². The van der Waals surface area contributed by atoms with E-state index in [2.05, 4.69) is 26.0 Å². The fourth-order valence-corrected chi connectivity index (χ4v) is 6.44. The smallest absolute Gasteiger partial charge is 0.0591 e. The lowest BCUT2D eigenvalue weighted by Crippen LogP contribution is -2.33. The highest BCUT2D eigenvalue weighted by molar-refractivity contribution is 5.26. The zero-order chi connectivity index (χ0) is 19.5. The van der Waals surface area contributed by atoms with Gasteiger partial charge in [0.1, 0.15) is 0 Å². The Hall–Kier alpha value is -0.560. The fourth-order valence-electron chi connectivity index (χ4n) is 6.44. The molecule has 27 heavy (non-hydrogen) atoms. The van der Waals surface area contributed by atoms with E-state index >= 15 is 0 Å². The Balaban J connectivity index is 1.61. The molecule has 1 nitrogen and oxygen atoms in total. The maximum atomic E-state index is 9.95. The predicted octanol–water partition coefficient (Wildman–Crippen LogP) is 7.60. The predicted molar refractivity (Wildman–Crippen MR) is 117 cm³/mol. The molecule has 0 spiro atoms. The largest absolute Gasteiger partial charge is 0.390 e. The van der Waals surface area contributed by atoms with Gasteiger partial charge in [0, 0.05) is 0 Å². The molecule has 0 aromatic heterocycles. The van der Waals surface area contributed by atoms with Gasteiger partial charge in [-0.05, 0) is 101 Å². The second-order valence-corrected chi connectivity index (χ2v) is 10.9. The summed E-state index contributed by atoms with van der Waals surface area (Å²) in [7, 11) is 0. The molecule has 1 N–H and O–H groups in total. The van der Waals surface area contributed by atoms with E-state index < -0.39 is 5.60 Å². The van der Waals surface area contributed by atoms with Crippen LogP contribution in [0.4, 0.5) is 0 Å². The fraction of sp³-hybridized carbons (Fsp3) is 0.846. The van der Waals surface area contributed by atoms with Gasteiger partial charge in [-0.1, -0.05) is 56.4 Å². The zero-order valence-electron chi connectivity index (χ0n) is 18.5. The number of unbranched alkanes of at least 4 members (excludes halogenated alkanes) is 1. The van der Waals surface area contributed by atoms with Gasteiger partial charge < -0.3 is 5.11 Å². The summed E-state index contributed by atoms with van der Waals surface area (Å²) in [5.41, 5.74) is 3.53. The van der Waals surface area contributed by atoms with Crippen LogP contribution in [0.25, 0.3) is 0 Å². The number of allylic oxidation sites excluding steroid dienone is 4. The van der Waals surface area contributed by atoms with Crippen molar-refractivity contribution < 1.29 is 5.11 Å². The highest BCUT2D eigenvalue weighted by Crippen LogP contribution is 2.58. The van der Waals surface area contributed by atoms with Crippen molar-refractivity contribution >= 4 is 0 Å². The molecule has 3 fully saturated rings. The topological polar surface area (TPSA) is 20.2 Å². The summed E-state index contributed by atoms with van der Waals surface area (Å²) in [6.45, 7) is 8.92. The Morgan fingerprint density at radius 1 is 1.00 bits per heavy atom. The lowest BCUT2D eigenvalue weighted by Gasteiger charge is -2.42. The first-order chi connectivity index (χ1) is 12.8. The van der Waals surface area contributed by atoms with Crippen LogP contribution in [0.1, 0.15) is 111 Å². The van der Waals surface area contributed by atoms with E-state index in [1.807, 2.05) is 13.8 Å². The minimum absolute atomic E-state index is 0.493. The highest BCUT2D eigenvalue weighted by atomic mass is 16.3. The minimum atomic E-state index is -0.493. The minimum Gasteiger partial charge on any atom is -0.390 e. The van der Waals surface area contributed by atoms with Gasteiger partial charge in [0.25, 0.3) is 0 Å². The molecule has 4 atom stereocenters. The van der Waals surface area contributed by atoms with Crippen LogP contribution in [0, 0.1) is 23.2 Å². The molecule has 1 heteroatoms. The van der Waals surface area contributed by atoms with Crippen molar-refractivity contribution in [3.05, 3.63) is 23.3 Å². The molecular weight excluding hydrogens is 328 g/mol. The van der Waals surface area contributed by atoms with Gasteiger partial charge in [-0.3, -0.25) is 0 Å². The summed E-state index contributed by atoms with van der Waals surface area (Å²) >= 11 is 0. The van der Waals surface area contributed by atoms with Crippen LogP contribution in [0.3, 0.4) is 0 Å². The van der Waals surface area contributed by atoms with E-state index in [1.54, 1.807) is 11.1 Å². The first kappa shape index (κ1) is 21.2. The van der Waals surface area contributed by atoms with Crippen LogP contribution in [0.15, 0.2) is 23.3 Å². The number of fused-ring (bicyclic) bond motifs is 1. The van der Waals surface area contributed by atoms with Crippen molar-refractivity contribution in [2.24, 2.45) is 23.2 Å². The molecule has 0 amide bonds. The van der Waals surface area contributed by atoms with E-state index in [9.17, 15) is 5.11 Å². The van der Waals surface area contributed by atoms with E-state index in [4.69, 9.17) is 0 Å². The average Bonchev–Trinajstić information content (AvgIpc) is 2.94. The molecule has 0 heterocycles. The van der Waals surface area contributed by atoms with Crippen LogP contribution < -0.4 is 0 Å². The third-order valence-corrected chi connectivity index (χ3v) is 8.25. The molecule has 0 aromatic rings. The third-order valence-electron chi connectivity index (χ3n) is 8.25. The molecule has 0 bridgehead atoms. The first-order valence-electron chi connectivity index (χ1n) is 11.9. The number of aliphatic hydroxyl groups is 1. The molecule has 3 saturated carbocycles. The first-order valence-corrected chi connectivity index (χ1v) is 11.9. The number of hydrogen-bond acceptors (Lipinski definition) is 1. The van der Waals surface area contributed by atoms with Crippen LogP contribution in [0.2, 0.25) is 0 Å². The molecule has 2 unspecified atom stereocenters. The Morgan fingerprint density at radius 3 is 2.48 bits per heavy atom.